The van der Waals surface area contributed by atoms with Crippen molar-refractivity contribution in [3.8, 4) is 44.5 Å². The number of fused-ring (bicyclic) bond motifs is 6. The van der Waals surface area contributed by atoms with Crippen molar-refractivity contribution in [3.05, 3.63) is 199 Å². The van der Waals surface area contributed by atoms with E-state index in [0.717, 1.165) is 28.1 Å². The minimum atomic E-state index is -0.0911. The molecular weight excluding hydrogens is 641 g/mol. The maximum absolute atomic E-state index is 3.86. The summed E-state index contributed by atoms with van der Waals surface area (Å²) in [6.45, 7) is 4.71. The maximum atomic E-state index is 3.86. The highest BCUT2D eigenvalue weighted by Gasteiger charge is 2.37. The van der Waals surface area contributed by atoms with Crippen LogP contribution in [0.15, 0.2) is 188 Å². The molecular formula is C51H38N2. The molecule has 1 N–H and O–H groups in total. The molecule has 0 atom stereocenters. The summed E-state index contributed by atoms with van der Waals surface area (Å²) in [5.41, 5.74) is 18.2. The zero-order valence-corrected chi connectivity index (χ0v) is 29.8. The van der Waals surface area contributed by atoms with Gasteiger partial charge in [-0.2, -0.15) is 0 Å². The lowest BCUT2D eigenvalue weighted by Gasteiger charge is -2.27. The summed E-state index contributed by atoms with van der Waals surface area (Å²) < 4.78 is 0. The summed E-state index contributed by atoms with van der Waals surface area (Å²) in [4.78, 5) is 6.27. The molecule has 1 aliphatic carbocycles. The van der Waals surface area contributed by atoms with E-state index < -0.39 is 0 Å². The summed E-state index contributed by atoms with van der Waals surface area (Å²) in [6.07, 6.45) is 0. The van der Waals surface area contributed by atoms with Crippen molar-refractivity contribution in [2.45, 2.75) is 19.3 Å². The first-order valence-corrected chi connectivity index (χ1v) is 18.4. The normalized spacial score (nSPS) is 12.9. The molecule has 0 saturated heterocycles. The van der Waals surface area contributed by atoms with Crippen LogP contribution in [0.4, 0.5) is 17.1 Å². The van der Waals surface area contributed by atoms with Gasteiger partial charge in [0.2, 0.25) is 0 Å². The molecule has 252 valence electrons. The Labute approximate surface area is 310 Å². The zero-order valence-electron chi connectivity index (χ0n) is 29.8. The zero-order chi connectivity index (χ0) is 35.5. The van der Waals surface area contributed by atoms with Crippen molar-refractivity contribution in [3.63, 3.8) is 0 Å². The summed E-state index contributed by atoms with van der Waals surface area (Å²) >= 11 is 0. The number of H-pyrrole nitrogens is 1. The van der Waals surface area contributed by atoms with Gasteiger partial charge in [0, 0.05) is 44.3 Å². The topological polar surface area (TPSA) is 19.0 Å². The van der Waals surface area contributed by atoms with Gasteiger partial charge in [0.05, 0.1) is 5.52 Å². The number of aromatic nitrogens is 1. The predicted molar refractivity (Wildman–Crippen MR) is 224 cm³/mol. The largest absolute Gasteiger partial charge is 0.354 e. The molecule has 1 heterocycles. The van der Waals surface area contributed by atoms with Crippen LogP contribution in [0.3, 0.4) is 0 Å². The second-order valence-corrected chi connectivity index (χ2v) is 14.6. The molecule has 0 amide bonds. The van der Waals surface area contributed by atoms with Crippen LogP contribution in [0.25, 0.3) is 66.3 Å². The number of nitrogens with one attached hydrogen (secondary N) is 1. The van der Waals surface area contributed by atoms with Crippen LogP contribution in [0.5, 0.6) is 0 Å². The number of aromatic amines is 1. The van der Waals surface area contributed by atoms with Crippen LogP contribution in [0.1, 0.15) is 25.0 Å². The first-order valence-electron chi connectivity index (χ1n) is 18.4. The summed E-state index contributed by atoms with van der Waals surface area (Å²) in [5.74, 6) is 0. The first kappa shape index (κ1) is 31.1. The molecule has 9 aromatic rings. The average Bonchev–Trinajstić information content (AvgIpc) is 3.71. The number of nitrogens with zero attached hydrogens (tertiary/aromatic N) is 1. The van der Waals surface area contributed by atoms with Gasteiger partial charge >= 0.3 is 0 Å². The van der Waals surface area contributed by atoms with E-state index in [1.165, 1.54) is 66.4 Å². The quantitative estimate of drug-likeness (QED) is 0.185. The lowest BCUT2D eigenvalue weighted by atomic mass is 9.82. The number of rotatable bonds is 6. The minimum Gasteiger partial charge on any atom is -0.354 e. The second-order valence-electron chi connectivity index (χ2n) is 14.6. The van der Waals surface area contributed by atoms with Gasteiger partial charge in [-0.15, -0.1) is 0 Å². The Morgan fingerprint density at radius 2 is 0.925 bits per heavy atom. The van der Waals surface area contributed by atoms with Gasteiger partial charge in [0.15, 0.2) is 0 Å². The number of benzene rings is 8. The average molecular weight is 679 g/mol. The lowest BCUT2D eigenvalue weighted by molar-refractivity contribution is 0.660. The number of hydrogen-bond acceptors (Lipinski definition) is 1. The van der Waals surface area contributed by atoms with Gasteiger partial charge in [0.25, 0.3) is 0 Å². The molecule has 0 unspecified atom stereocenters. The molecule has 53 heavy (non-hydrogen) atoms. The minimum absolute atomic E-state index is 0.0911. The molecule has 0 radical (unpaired) electrons. The lowest BCUT2D eigenvalue weighted by Crippen LogP contribution is -2.14. The Bertz CT molecular complexity index is 2690. The van der Waals surface area contributed by atoms with Crippen molar-refractivity contribution in [1.29, 1.82) is 0 Å². The standard InChI is InChI=1S/C51H38N2/c1-51(2)46-21-11-9-19-43(46)49-42(20-13-22-47(49)51)45-33-40(32-44-41-18-10-12-23-48(41)52-50(44)45)53(38-28-24-36(25-29-38)34-14-5-3-6-15-34)39-30-26-37(27-31-39)35-16-7-4-8-17-35/h3-33,52H,1-2H3. The molecule has 0 bridgehead atoms. The number of anilines is 3. The Morgan fingerprint density at radius 1 is 0.396 bits per heavy atom. The van der Waals surface area contributed by atoms with E-state index in [-0.39, 0.29) is 5.41 Å². The fraction of sp³-hybridized carbons (Fsp3) is 0.0588. The van der Waals surface area contributed by atoms with Crippen molar-refractivity contribution >= 4 is 38.9 Å². The predicted octanol–water partition coefficient (Wildman–Crippen LogP) is 14.1. The van der Waals surface area contributed by atoms with E-state index in [9.17, 15) is 0 Å². The third-order valence-corrected chi connectivity index (χ3v) is 11.2. The Hall–Kier alpha value is -6.64. The first-order chi connectivity index (χ1) is 26.0. The van der Waals surface area contributed by atoms with E-state index >= 15 is 0 Å². The molecule has 2 nitrogen and oxygen atoms in total. The van der Waals surface area contributed by atoms with Crippen molar-refractivity contribution < 1.29 is 0 Å². The van der Waals surface area contributed by atoms with E-state index in [1.807, 2.05) is 0 Å². The molecule has 0 spiro atoms. The van der Waals surface area contributed by atoms with Gasteiger partial charge < -0.3 is 9.88 Å². The van der Waals surface area contributed by atoms with E-state index in [2.05, 4.69) is 212 Å². The third-order valence-electron chi connectivity index (χ3n) is 11.2. The van der Waals surface area contributed by atoms with Crippen LogP contribution in [0.2, 0.25) is 0 Å². The fourth-order valence-electron chi connectivity index (χ4n) is 8.57. The van der Waals surface area contributed by atoms with Crippen LogP contribution < -0.4 is 4.90 Å². The van der Waals surface area contributed by atoms with Crippen LogP contribution in [0, 0.1) is 0 Å². The Morgan fingerprint density at radius 3 is 1.58 bits per heavy atom. The fourth-order valence-corrected chi connectivity index (χ4v) is 8.57. The summed E-state index contributed by atoms with van der Waals surface area (Å²) in [5, 5.41) is 2.43. The van der Waals surface area contributed by atoms with Gasteiger partial charge in [-0.1, -0.05) is 159 Å². The molecule has 0 saturated carbocycles. The number of para-hydroxylation sites is 1. The molecule has 10 rings (SSSR count). The smallest absolute Gasteiger partial charge is 0.0546 e. The third kappa shape index (κ3) is 5.10. The monoisotopic (exact) mass is 678 g/mol. The van der Waals surface area contributed by atoms with Gasteiger partial charge in [-0.3, -0.25) is 0 Å². The highest BCUT2D eigenvalue weighted by atomic mass is 15.1. The van der Waals surface area contributed by atoms with Crippen LogP contribution >= 0.6 is 0 Å². The Kier molecular flexibility index (Phi) is 7.19. The highest BCUT2D eigenvalue weighted by Crippen LogP contribution is 2.53. The molecule has 0 fully saturated rings. The van der Waals surface area contributed by atoms with Crippen LogP contribution in [-0.2, 0) is 5.41 Å². The van der Waals surface area contributed by atoms with Crippen molar-refractivity contribution in [2.24, 2.45) is 0 Å². The molecule has 0 aliphatic heterocycles. The molecule has 2 heteroatoms. The van der Waals surface area contributed by atoms with E-state index in [1.54, 1.807) is 0 Å². The summed E-state index contributed by atoms with van der Waals surface area (Å²) in [7, 11) is 0. The summed E-state index contributed by atoms with van der Waals surface area (Å²) in [6, 6.07) is 68.5. The van der Waals surface area contributed by atoms with Crippen molar-refractivity contribution in [2.75, 3.05) is 4.90 Å². The number of hydrogen-bond donors (Lipinski definition) is 1. The van der Waals surface area contributed by atoms with Gasteiger partial charge in [-0.05, 0) is 92.5 Å². The molecule has 1 aromatic heterocycles. The van der Waals surface area contributed by atoms with E-state index in [0.29, 0.717) is 0 Å². The van der Waals surface area contributed by atoms with Crippen molar-refractivity contribution in [1.82, 2.24) is 4.98 Å². The van der Waals surface area contributed by atoms with E-state index in [4.69, 9.17) is 0 Å². The van der Waals surface area contributed by atoms with Gasteiger partial charge in [0.1, 0.15) is 0 Å². The highest BCUT2D eigenvalue weighted by molar-refractivity contribution is 6.15. The maximum Gasteiger partial charge on any atom is 0.0546 e. The van der Waals surface area contributed by atoms with Crippen LogP contribution in [-0.4, -0.2) is 4.98 Å². The second kappa shape index (κ2) is 12.3. The SMILES string of the molecule is CC1(C)c2ccccc2-c2c(-c3cc(N(c4ccc(-c5ccccc5)cc4)c4ccc(-c5ccccc5)cc4)cc4c3[nH]c3ccccc34)cccc21. The molecule has 1 aliphatic rings. The van der Waals surface area contributed by atoms with Gasteiger partial charge in [-0.25, -0.2) is 0 Å². The Balaban J connectivity index is 1.22. The molecule has 8 aromatic carbocycles.